The maximum atomic E-state index is 13.5. The van der Waals surface area contributed by atoms with Crippen LogP contribution in [0.5, 0.6) is 5.75 Å². The number of rotatable bonds is 9. The topological polar surface area (TPSA) is 115 Å². The van der Waals surface area contributed by atoms with E-state index in [0.717, 1.165) is 11.4 Å². The summed E-state index contributed by atoms with van der Waals surface area (Å²) < 4.78 is 37.6. The molecule has 10 heteroatoms. The standard InChI is InChI=1S/C24H23N3O6S/c1-17(24(29)33-3)27(34(30,31)21-10-8-20(32-2)9-11-21)16-19-6-4-5-7-22(19)26-23(28)18-12-14-25-15-13-18/h4-15H,1,16H2,2-3H3,(H,26,28). The van der Waals surface area contributed by atoms with Gasteiger partial charge in [0.05, 0.1) is 25.7 Å². The van der Waals surface area contributed by atoms with Crippen molar-refractivity contribution in [2.45, 2.75) is 11.4 Å². The number of aromatic nitrogens is 1. The molecule has 3 rings (SSSR count). The summed E-state index contributed by atoms with van der Waals surface area (Å²) in [5, 5.41) is 2.77. The van der Waals surface area contributed by atoms with Crippen molar-refractivity contribution < 1.29 is 27.5 Å². The van der Waals surface area contributed by atoms with E-state index in [9.17, 15) is 18.0 Å². The van der Waals surface area contributed by atoms with E-state index >= 15 is 0 Å². The van der Waals surface area contributed by atoms with Gasteiger partial charge in [-0.05, 0) is 48.0 Å². The smallest absolute Gasteiger partial charge is 0.354 e. The number of carbonyl (C=O) groups is 2. The van der Waals surface area contributed by atoms with Gasteiger partial charge in [0.25, 0.3) is 15.9 Å². The van der Waals surface area contributed by atoms with Gasteiger partial charge in [0.15, 0.2) is 0 Å². The molecule has 0 saturated heterocycles. The second-order valence-corrected chi connectivity index (χ2v) is 8.83. The lowest BCUT2D eigenvalue weighted by Crippen LogP contribution is -2.33. The number of pyridine rings is 1. The maximum Gasteiger partial charge on any atom is 0.354 e. The third-order valence-electron chi connectivity index (χ3n) is 4.89. The first-order valence-electron chi connectivity index (χ1n) is 10.0. The molecule has 1 heterocycles. The average molecular weight is 482 g/mol. The van der Waals surface area contributed by atoms with Crippen LogP contribution in [0.4, 0.5) is 5.69 Å². The zero-order valence-corrected chi connectivity index (χ0v) is 19.4. The number of ether oxygens (including phenoxy) is 2. The Morgan fingerprint density at radius 2 is 1.65 bits per heavy atom. The third-order valence-corrected chi connectivity index (χ3v) is 6.69. The Kier molecular flexibility index (Phi) is 7.64. The van der Waals surface area contributed by atoms with E-state index in [2.05, 4.69) is 16.9 Å². The van der Waals surface area contributed by atoms with Gasteiger partial charge in [-0.2, -0.15) is 0 Å². The average Bonchev–Trinajstić information content (AvgIpc) is 2.87. The van der Waals surface area contributed by atoms with Gasteiger partial charge in [0, 0.05) is 23.6 Å². The molecule has 34 heavy (non-hydrogen) atoms. The Balaban J connectivity index is 1.98. The van der Waals surface area contributed by atoms with Crippen LogP contribution in [0.25, 0.3) is 0 Å². The summed E-state index contributed by atoms with van der Waals surface area (Å²) in [5.41, 5.74) is 0.809. The number of sulfonamides is 1. The molecule has 0 unspecified atom stereocenters. The van der Waals surface area contributed by atoms with E-state index in [1.807, 2.05) is 0 Å². The summed E-state index contributed by atoms with van der Waals surface area (Å²) in [6, 6.07) is 15.5. The predicted molar refractivity (Wildman–Crippen MR) is 126 cm³/mol. The Hall–Kier alpha value is -4.18. The highest BCUT2D eigenvalue weighted by Crippen LogP contribution is 2.27. The summed E-state index contributed by atoms with van der Waals surface area (Å²) >= 11 is 0. The Labute approximate surface area is 197 Å². The van der Waals surface area contributed by atoms with Crippen LogP contribution >= 0.6 is 0 Å². The van der Waals surface area contributed by atoms with Crippen LogP contribution in [0.3, 0.4) is 0 Å². The lowest BCUT2D eigenvalue weighted by atomic mass is 10.1. The molecule has 0 atom stereocenters. The van der Waals surface area contributed by atoms with Gasteiger partial charge in [-0.15, -0.1) is 0 Å². The molecule has 0 fully saturated rings. The molecular weight excluding hydrogens is 458 g/mol. The summed E-state index contributed by atoms with van der Waals surface area (Å²) in [7, 11) is -1.62. The quantitative estimate of drug-likeness (QED) is 0.369. The summed E-state index contributed by atoms with van der Waals surface area (Å²) in [6.07, 6.45) is 2.98. The van der Waals surface area contributed by atoms with Crippen molar-refractivity contribution in [3.63, 3.8) is 0 Å². The maximum absolute atomic E-state index is 13.5. The molecule has 1 amide bonds. The molecule has 3 aromatic rings. The molecule has 0 spiro atoms. The molecule has 2 aromatic carbocycles. The SMILES string of the molecule is C=C(C(=O)OC)N(Cc1ccccc1NC(=O)c1ccncc1)S(=O)(=O)c1ccc(OC)cc1. The second kappa shape index (κ2) is 10.6. The van der Waals surface area contributed by atoms with Gasteiger partial charge in [-0.1, -0.05) is 24.8 Å². The molecule has 1 aromatic heterocycles. The molecule has 0 aliphatic carbocycles. The van der Waals surface area contributed by atoms with Crippen LogP contribution in [0.15, 0.2) is 90.2 Å². The fourth-order valence-electron chi connectivity index (χ4n) is 3.05. The minimum absolute atomic E-state index is 0.0725. The number of anilines is 1. The minimum Gasteiger partial charge on any atom is -0.497 e. The number of hydrogen-bond donors (Lipinski definition) is 1. The molecule has 0 radical (unpaired) electrons. The van der Waals surface area contributed by atoms with E-state index < -0.39 is 21.9 Å². The van der Waals surface area contributed by atoms with E-state index in [4.69, 9.17) is 9.47 Å². The normalized spacial score (nSPS) is 10.8. The Morgan fingerprint density at radius 3 is 2.26 bits per heavy atom. The number of carbonyl (C=O) groups excluding carboxylic acids is 2. The van der Waals surface area contributed by atoms with Gasteiger partial charge >= 0.3 is 5.97 Å². The highest BCUT2D eigenvalue weighted by Gasteiger charge is 2.30. The number of esters is 1. The highest BCUT2D eigenvalue weighted by molar-refractivity contribution is 7.89. The number of nitrogens with one attached hydrogen (secondary N) is 1. The number of benzene rings is 2. The van der Waals surface area contributed by atoms with E-state index in [1.54, 1.807) is 36.4 Å². The van der Waals surface area contributed by atoms with Crippen molar-refractivity contribution in [2.75, 3.05) is 19.5 Å². The van der Waals surface area contributed by atoms with Crippen molar-refractivity contribution >= 4 is 27.6 Å². The van der Waals surface area contributed by atoms with Gasteiger partial charge in [0.1, 0.15) is 11.4 Å². The summed E-state index contributed by atoms with van der Waals surface area (Å²) in [5.74, 6) is -0.831. The lowest BCUT2D eigenvalue weighted by molar-refractivity contribution is -0.137. The van der Waals surface area contributed by atoms with Gasteiger partial charge in [-0.25, -0.2) is 13.2 Å². The first-order valence-corrected chi connectivity index (χ1v) is 11.4. The zero-order chi connectivity index (χ0) is 24.7. The van der Waals surface area contributed by atoms with Gasteiger partial charge in [0.2, 0.25) is 0 Å². The van der Waals surface area contributed by atoms with Crippen molar-refractivity contribution in [3.8, 4) is 5.75 Å². The molecule has 9 nitrogen and oxygen atoms in total. The number of nitrogens with zero attached hydrogens (tertiary/aromatic N) is 2. The first kappa shape index (κ1) is 24.5. The molecule has 1 N–H and O–H groups in total. The third kappa shape index (κ3) is 5.41. The fraction of sp³-hybridized carbons (Fsp3) is 0.125. The van der Waals surface area contributed by atoms with Crippen LogP contribution < -0.4 is 10.1 Å². The number of amides is 1. The van der Waals surface area contributed by atoms with Crippen molar-refractivity contribution in [3.05, 3.63) is 96.5 Å². The van der Waals surface area contributed by atoms with Gasteiger partial charge < -0.3 is 14.8 Å². The first-order chi connectivity index (χ1) is 16.3. The monoisotopic (exact) mass is 481 g/mol. The van der Waals surface area contributed by atoms with E-state index in [0.29, 0.717) is 22.6 Å². The Morgan fingerprint density at radius 1 is 1.00 bits per heavy atom. The second-order valence-electron chi connectivity index (χ2n) is 6.97. The summed E-state index contributed by atoms with van der Waals surface area (Å²) in [4.78, 5) is 28.7. The largest absolute Gasteiger partial charge is 0.497 e. The van der Waals surface area contributed by atoms with Crippen molar-refractivity contribution in [1.82, 2.24) is 9.29 Å². The molecule has 0 aliphatic rings. The van der Waals surface area contributed by atoms with E-state index in [-0.39, 0.29) is 17.1 Å². The van der Waals surface area contributed by atoms with Crippen LogP contribution in [0.2, 0.25) is 0 Å². The van der Waals surface area contributed by atoms with Crippen molar-refractivity contribution in [1.29, 1.82) is 0 Å². The van der Waals surface area contributed by atoms with E-state index in [1.165, 1.54) is 43.8 Å². The van der Waals surface area contributed by atoms with Crippen LogP contribution in [-0.4, -0.2) is 43.8 Å². The predicted octanol–water partition coefficient (Wildman–Crippen LogP) is 3.22. The zero-order valence-electron chi connectivity index (χ0n) is 18.6. The van der Waals surface area contributed by atoms with Crippen LogP contribution in [0, 0.1) is 0 Å². The van der Waals surface area contributed by atoms with Gasteiger partial charge in [-0.3, -0.25) is 14.1 Å². The Bertz CT molecular complexity index is 1290. The molecule has 176 valence electrons. The minimum atomic E-state index is -4.22. The number of hydrogen-bond acceptors (Lipinski definition) is 7. The van der Waals surface area contributed by atoms with Crippen LogP contribution in [0.1, 0.15) is 15.9 Å². The lowest BCUT2D eigenvalue weighted by Gasteiger charge is -2.26. The summed E-state index contributed by atoms with van der Waals surface area (Å²) in [6.45, 7) is 3.36. The van der Waals surface area contributed by atoms with Crippen LogP contribution in [-0.2, 0) is 26.1 Å². The van der Waals surface area contributed by atoms with Crippen molar-refractivity contribution in [2.24, 2.45) is 0 Å². The molecule has 0 saturated carbocycles. The molecule has 0 bridgehead atoms. The molecular formula is C24H23N3O6S. The number of methoxy groups -OCH3 is 2. The fourth-order valence-corrected chi connectivity index (χ4v) is 4.46. The number of para-hydroxylation sites is 1. The highest BCUT2D eigenvalue weighted by atomic mass is 32.2. The molecule has 0 aliphatic heterocycles.